The molecule has 0 aliphatic carbocycles. The average Bonchev–Trinajstić information content (AvgIpc) is 3.14. The van der Waals surface area contributed by atoms with Gasteiger partial charge in [0.2, 0.25) is 0 Å². The van der Waals surface area contributed by atoms with Crippen molar-refractivity contribution < 1.29 is 13.9 Å². The zero-order valence-electron chi connectivity index (χ0n) is 14.0. The lowest BCUT2D eigenvalue weighted by atomic mass is 10.1. The maximum absolute atomic E-state index is 13.3. The molecule has 1 aliphatic heterocycles. The van der Waals surface area contributed by atoms with Crippen LogP contribution in [-0.4, -0.2) is 34.4 Å². The van der Waals surface area contributed by atoms with Gasteiger partial charge in [0, 0.05) is 31.4 Å². The van der Waals surface area contributed by atoms with E-state index in [-0.39, 0.29) is 12.1 Å². The molecule has 6 nitrogen and oxygen atoms in total. The highest BCUT2D eigenvalue weighted by molar-refractivity contribution is 5.91. The van der Waals surface area contributed by atoms with Gasteiger partial charge in [-0.15, -0.1) is 0 Å². The number of nitrogens with one attached hydrogen (secondary N) is 1. The summed E-state index contributed by atoms with van der Waals surface area (Å²) in [5.74, 6) is -0.105. The predicted octanol–water partition coefficient (Wildman–Crippen LogP) is 3.25. The molecule has 0 radical (unpaired) electrons. The van der Waals surface area contributed by atoms with Gasteiger partial charge in [-0.1, -0.05) is 0 Å². The zero-order chi connectivity index (χ0) is 17.3. The smallest absolute Gasteiger partial charge is 0.322 e. The number of likely N-dealkylation sites (tertiary alicyclic amines) is 1. The molecule has 1 aliphatic rings. The van der Waals surface area contributed by atoms with Crippen LogP contribution in [-0.2, 0) is 7.05 Å². The van der Waals surface area contributed by atoms with Gasteiger partial charge in [0.05, 0.1) is 24.5 Å². The number of methoxy groups -OCH3 is 1. The first-order valence-corrected chi connectivity index (χ1v) is 7.91. The van der Waals surface area contributed by atoms with Crippen molar-refractivity contribution >= 4 is 11.7 Å². The van der Waals surface area contributed by atoms with Crippen LogP contribution in [0, 0.1) is 12.7 Å². The van der Waals surface area contributed by atoms with E-state index in [1.807, 2.05) is 20.2 Å². The van der Waals surface area contributed by atoms with Crippen LogP contribution in [0.4, 0.5) is 14.9 Å². The van der Waals surface area contributed by atoms with Crippen LogP contribution < -0.4 is 10.1 Å². The lowest BCUT2D eigenvalue weighted by Crippen LogP contribution is -2.34. The fourth-order valence-corrected chi connectivity index (χ4v) is 3.23. The van der Waals surface area contributed by atoms with E-state index in [0.717, 1.165) is 24.1 Å². The number of nitrogens with zero attached hydrogens (tertiary/aromatic N) is 3. The fourth-order valence-electron chi connectivity index (χ4n) is 3.23. The molecular formula is C17H21FN4O2. The van der Waals surface area contributed by atoms with Gasteiger partial charge >= 0.3 is 6.03 Å². The van der Waals surface area contributed by atoms with Crippen LogP contribution in [0.5, 0.6) is 5.75 Å². The standard InChI is InChI=1S/C17H21FN4O2/c1-11-13(10-21(2)20-11)15-5-4-8-22(15)17(23)19-14-7-6-12(18)9-16(14)24-3/h6-7,9-10,15H,4-5,8H2,1-3H3,(H,19,23). The number of aryl methyl sites for hydroxylation is 2. The summed E-state index contributed by atoms with van der Waals surface area (Å²) < 4.78 is 20.2. The number of hydrogen-bond donors (Lipinski definition) is 1. The first-order chi connectivity index (χ1) is 11.5. The number of ether oxygens (including phenoxy) is 1. The normalized spacial score (nSPS) is 17.2. The molecule has 3 rings (SSSR count). The van der Waals surface area contributed by atoms with Crippen LogP contribution in [0.2, 0.25) is 0 Å². The third kappa shape index (κ3) is 3.06. The average molecular weight is 332 g/mol. The summed E-state index contributed by atoms with van der Waals surface area (Å²) in [6.07, 6.45) is 3.80. The summed E-state index contributed by atoms with van der Waals surface area (Å²) in [6.45, 7) is 2.63. The second-order valence-corrected chi connectivity index (χ2v) is 5.97. The minimum Gasteiger partial charge on any atom is -0.494 e. The molecule has 2 aromatic rings. The Hall–Kier alpha value is -2.57. The number of urea groups is 1. The Morgan fingerprint density at radius 3 is 2.92 bits per heavy atom. The van der Waals surface area contributed by atoms with Gasteiger partial charge in [-0.2, -0.15) is 5.10 Å². The van der Waals surface area contributed by atoms with E-state index in [4.69, 9.17) is 4.74 Å². The first-order valence-electron chi connectivity index (χ1n) is 7.91. The van der Waals surface area contributed by atoms with Crippen LogP contribution in [0.15, 0.2) is 24.4 Å². The molecule has 1 atom stereocenters. The maximum Gasteiger partial charge on any atom is 0.322 e. The number of carbonyl (C=O) groups excluding carboxylic acids is 1. The van der Waals surface area contributed by atoms with E-state index < -0.39 is 5.82 Å². The molecule has 1 aromatic heterocycles. The molecule has 7 heteroatoms. The summed E-state index contributed by atoms with van der Waals surface area (Å²) in [4.78, 5) is 14.5. The van der Waals surface area contributed by atoms with Crippen molar-refractivity contribution in [3.8, 4) is 5.75 Å². The van der Waals surface area contributed by atoms with Gasteiger partial charge in [-0.3, -0.25) is 4.68 Å². The number of hydrogen-bond acceptors (Lipinski definition) is 3. The number of halogens is 1. The molecule has 1 saturated heterocycles. The van der Waals surface area contributed by atoms with Crippen molar-refractivity contribution in [2.75, 3.05) is 19.0 Å². The number of benzene rings is 1. The highest BCUT2D eigenvalue weighted by Gasteiger charge is 2.32. The lowest BCUT2D eigenvalue weighted by molar-refractivity contribution is 0.207. The molecule has 1 unspecified atom stereocenters. The Labute approximate surface area is 140 Å². The molecule has 1 fully saturated rings. The number of amides is 2. The van der Waals surface area contributed by atoms with E-state index in [2.05, 4.69) is 10.4 Å². The Balaban J connectivity index is 1.80. The Morgan fingerprint density at radius 1 is 1.46 bits per heavy atom. The zero-order valence-corrected chi connectivity index (χ0v) is 14.0. The fraction of sp³-hybridized carbons (Fsp3) is 0.412. The Kier molecular flexibility index (Phi) is 4.42. The minimum absolute atomic E-state index is 0.00476. The van der Waals surface area contributed by atoms with Crippen LogP contribution in [0.3, 0.4) is 0 Å². The van der Waals surface area contributed by atoms with Crippen molar-refractivity contribution in [1.82, 2.24) is 14.7 Å². The summed E-state index contributed by atoms with van der Waals surface area (Å²) in [6, 6.07) is 3.84. The maximum atomic E-state index is 13.3. The van der Waals surface area contributed by atoms with Gasteiger partial charge in [0.25, 0.3) is 0 Å². The highest BCUT2D eigenvalue weighted by atomic mass is 19.1. The Morgan fingerprint density at radius 2 is 2.25 bits per heavy atom. The van der Waals surface area contributed by atoms with E-state index in [1.165, 1.54) is 25.3 Å². The van der Waals surface area contributed by atoms with Gasteiger partial charge in [0.15, 0.2) is 0 Å². The molecule has 0 bridgehead atoms. The van der Waals surface area contributed by atoms with Gasteiger partial charge < -0.3 is 15.0 Å². The summed E-state index contributed by atoms with van der Waals surface area (Å²) in [5.41, 5.74) is 2.45. The van der Waals surface area contributed by atoms with Crippen molar-refractivity contribution in [3.63, 3.8) is 0 Å². The number of anilines is 1. The van der Waals surface area contributed by atoms with Crippen LogP contribution in [0.25, 0.3) is 0 Å². The van der Waals surface area contributed by atoms with Gasteiger partial charge in [0.1, 0.15) is 11.6 Å². The summed E-state index contributed by atoms with van der Waals surface area (Å²) >= 11 is 0. The SMILES string of the molecule is COc1cc(F)ccc1NC(=O)N1CCCC1c1cn(C)nc1C. The van der Waals surface area contributed by atoms with Crippen molar-refractivity contribution in [2.45, 2.75) is 25.8 Å². The second kappa shape index (κ2) is 6.51. The van der Waals surface area contributed by atoms with E-state index in [0.29, 0.717) is 18.0 Å². The van der Waals surface area contributed by atoms with Crippen molar-refractivity contribution in [2.24, 2.45) is 7.05 Å². The van der Waals surface area contributed by atoms with Crippen molar-refractivity contribution in [3.05, 3.63) is 41.5 Å². The van der Waals surface area contributed by atoms with E-state index in [9.17, 15) is 9.18 Å². The number of rotatable bonds is 3. The first kappa shape index (κ1) is 16.3. The highest BCUT2D eigenvalue weighted by Crippen LogP contribution is 2.34. The molecule has 0 spiro atoms. The molecule has 0 saturated carbocycles. The molecule has 128 valence electrons. The molecular weight excluding hydrogens is 311 g/mol. The Bertz CT molecular complexity index is 759. The summed E-state index contributed by atoms with van der Waals surface area (Å²) in [5, 5.41) is 7.19. The number of aromatic nitrogens is 2. The van der Waals surface area contributed by atoms with Crippen LogP contribution >= 0.6 is 0 Å². The molecule has 2 heterocycles. The second-order valence-electron chi connectivity index (χ2n) is 5.97. The van der Waals surface area contributed by atoms with Gasteiger partial charge in [-0.25, -0.2) is 9.18 Å². The molecule has 1 aromatic carbocycles. The monoisotopic (exact) mass is 332 g/mol. The topological polar surface area (TPSA) is 59.4 Å². The molecule has 1 N–H and O–H groups in total. The summed E-state index contributed by atoms with van der Waals surface area (Å²) in [7, 11) is 3.32. The van der Waals surface area contributed by atoms with Crippen LogP contribution in [0.1, 0.15) is 30.1 Å². The minimum atomic E-state index is -0.408. The third-order valence-electron chi connectivity index (χ3n) is 4.33. The molecule has 24 heavy (non-hydrogen) atoms. The molecule has 2 amide bonds. The largest absolute Gasteiger partial charge is 0.494 e. The lowest BCUT2D eigenvalue weighted by Gasteiger charge is -2.25. The van der Waals surface area contributed by atoms with E-state index in [1.54, 1.807) is 9.58 Å². The third-order valence-corrected chi connectivity index (χ3v) is 4.33. The predicted molar refractivity (Wildman–Crippen MR) is 88.6 cm³/mol. The van der Waals surface area contributed by atoms with Gasteiger partial charge in [-0.05, 0) is 31.9 Å². The number of carbonyl (C=O) groups is 1. The van der Waals surface area contributed by atoms with Crippen molar-refractivity contribution in [1.29, 1.82) is 0 Å². The quantitative estimate of drug-likeness (QED) is 0.939. The van der Waals surface area contributed by atoms with E-state index >= 15 is 0 Å².